The van der Waals surface area contributed by atoms with Crippen molar-refractivity contribution in [2.24, 2.45) is 0 Å². The van der Waals surface area contributed by atoms with Crippen molar-refractivity contribution in [3.8, 4) is 11.5 Å². The molecule has 5 heteroatoms. The van der Waals surface area contributed by atoms with Crippen molar-refractivity contribution in [1.29, 1.82) is 0 Å². The highest BCUT2D eigenvalue weighted by atomic mass is 16.5. The van der Waals surface area contributed by atoms with Crippen molar-refractivity contribution in [1.82, 2.24) is 10.2 Å². The largest absolute Gasteiger partial charge is 0.497 e. The number of nitrogens with one attached hydrogen (secondary N) is 1. The molecule has 1 aliphatic heterocycles. The summed E-state index contributed by atoms with van der Waals surface area (Å²) in [6, 6.07) is 16.4. The van der Waals surface area contributed by atoms with E-state index in [1.165, 1.54) is 5.56 Å². The molecule has 0 atom stereocenters. The fourth-order valence-corrected chi connectivity index (χ4v) is 3.77. The van der Waals surface area contributed by atoms with Crippen LogP contribution in [0.1, 0.15) is 41.6 Å². The predicted molar refractivity (Wildman–Crippen MR) is 114 cm³/mol. The number of carbonyl (C=O) groups is 1. The zero-order valence-electron chi connectivity index (χ0n) is 17.1. The second-order valence-corrected chi connectivity index (χ2v) is 8.00. The van der Waals surface area contributed by atoms with Crippen LogP contribution in [0, 0.1) is 0 Å². The Morgan fingerprint density at radius 1 is 1.07 bits per heavy atom. The van der Waals surface area contributed by atoms with Crippen LogP contribution in [0.3, 0.4) is 0 Å². The second kappa shape index (κ2) is 9.31. The van der Waals surface area contributed by atoms with Gasteiger partial charge in [0.1, 0.15) is 17.6 Å². The Morgan fingerprint density at radius 2 is 1.83 bits per heavy atom. The van der Waals surface area contributed by atoms with E-state index in [1.54, 1.807) is 13.2 Å². The highest BCUT2D eigenvalue weighted by Crippen LogP contribution is 2.29. The fraction of sp³-hybridized carbons (Fsp3) is 0.458. The summed E-state index contributed by atoms with van der Waals surface area (Å²) in [6.07, 6.45) is 5.28. The standard InChI is InChI=1S/C24H30N2O3/c1-28-21-9-10-22(24(27)25-19-7-8-19)23(17-21)29-20-12-15-26(16-13-20)14-11-18-5-3-2-4-6-18/h2-6,9-10,17,19-20H,7-8,11-16H2,1H3,(H,25,27). The molecule has 0 aromatic heterocycles. The molecule has 2 aliphatic rings. The van der Waals surface area contributed by atoms with Crippen LogP contribution in [0.5, 0.6) is 11.5 Å². The van der Waals surface area contributed by atoms with Gasteiger partial charge in [-0.3, -0.25) is 4.79 Å². The summed E-state index contributed by atoms with van der Waals surface area (Å²) in [7, 11) is 1.63. The molecule has 1 N–H and O–H groups in total. The molecule has 1 heterocycles. The van der Waals surface area contributed by atoms with E-state index in [4.69, 9.17) is 9.47 Å². The predicted octanol–water partition coefficient (Wildman–Crippen LogP) is 3.67. The van der Waals surface area contributed by atoms with Crippen molar-refractivity contribution in [3.63, 3.8) is 0 Å². The summed E-state index contributed by atoms with van der Waals surface area (Å²) < 4.78 is 11.6. The van der Waals surface area contributed by atoms with Crippen LogP contribution in [-0.2, 0) is 6.42 Å². The van der Waals surface area contributed by atoms with Crippen LogP contribution >= 0.6 is 0 Å². The number of amides is 1. The third-order valence-electron chi connectivity index (χ3n) is 5.73. The van der Waals surface area contributed by atoms with Gasteiger partial charge in [0.25, 0.3) is 5.91 Å². The first-order valence-corrected chi connectivity index (χ1v) is 10.6. The Kier molecular flexibility index (Phi) is 6.35. The molecule has 1 saturated carbocycles. The zero-order chi connectivity index (χ0) is 20.1. The number of benzene rings is 2. The molecular weight excluding hydrogens is 364 g/mol. The molecule has 29 heavy (non-hydrogen) atoms. The maximum atomic E-state index is 12.6. The fourth-order valence-electron chi connectivity index (χ4n) is 3.77. The van der Waals surface area contributed by atoms with Crippen LogP contribution in [0.4, 0.5) is 0 Å². The molecule has 2 aromatic carbocycles. The summed E-state index contributed by atoms with van der Waals surface area (Å²) in [4.78, 5) is 15.1. The number of likely N-dealkylation sites (tertiary alicyclic amines) is 1. The summed E-state index contributed by atoms with van der Waals surface area (Å²) >= 11 is 0. The van der Waals surface area contributed by atoms with Gasteiger partial charge in [-0.2, -0.15) is 0 Å². The first-order chi connectivity index (χ1) is 14.2. The van der Waals surface area contributed by atoms with Gasteiger partial charge >= 0.3 is 0 Å². The average Bonchev–Trinajstić information content (AvgIpc) is 3.58. The molecule has 0 bridgehead atoms. The highest BCUT2D eigenvalue weighted by Gasteiger charge is 2.27. The topological polar surface area (TPSA) is 50.8 Å². The first kappa shape index (κ1) is 19.8. The molecule has 1 amide bonds. The number of ether oxygens (including phenoxy) is 2. The Bertz CT molecular complexity index is 812. The Labute approximate surface area is 173 Å². The van der Waals surface area contributed by atoms with E-state index in [9.17, 15) is 4.79 Å². The van der Waals surface area contributed by atoms with Gasteiger partial charge in [0, 0.05) is 31.7 Å². The minimum atomic E-state index is -0.0505. The molecule has 0 unspecified atom stereocenters. The van der Waals surface area contributed by atoms with Crippen molar-refractivity contribution in [2.75, 3.05) is 26.7 Å². The van der Waals surface area contributed by atoms with Crippen molar-refractivity contribution in [3.05, 3.63) is 59.7 Å². The molecular formula is C24H30N2O3. The van der Waals surface area contributed by atoms with Crippen LogP contribution in [-0.4, -0.2) is 49.7 Å². The summed E-state index contributed by atoms with van der Waals surface area (Å²) in [5, 5.41) is 3.06. The summed E-state index contributed by atoms with van der Waals surface area (Å²) in [5.41, 5.74) is 1.98. The Hall–Kier alpha value is -2.53. The smallest absolute Gasteiger partial charge is 0.255 e. The minimum absolute atomic E-state index is 0.0505. The van der Waals surface area contributed by atoms with E-state index in [0.29, 0.717) is 23.1 Å². The van der Waals surface area contributed by atoms with E-state index in [0.717, 1.165) is 51.7 Å². The van der Waals surface area contributed by atoms with Gasteiger partial charge in [-0.25, -0.2) is 0 Å². The number of nitrogens with zero attached hydrogens (tertiary/aromatic N) is 1. The number of carbonyl (C=O) groups excluding carboxylic acids is 1. The van der Waals surface area contributed by atoms with E-state index in [-0.39, 0.29) is 12.0 Å². The minimum Gasteiger partial charge on any atom is -0.497 e. The highest BCUT2D eigenvalue weighted by molar-refractivity contribution is 5.97. The molecule has 2 fully saturated rings. The van der Waals surface area contributed by atoms with Gasteiger partial charge < -0.3 is 19.7 Å². The van der Waals surface area contributed by atoms with Crippen LogP contribution in [0.2, 0.25) is 0 Å². The zero-order valence-corrected chi connectivity index (χ0v) is 17.1. The number of hydrogen-bond donors (Lipinski definition) is 1. The lowest BCUT2D eigenvalue weighted by Gasteiger charge is -2.32. The molecule has 1 saturated heterocycles. The average molecular weight is 395 g/mol. The number of piperidine rings is 1. The summed E-state index contributed by atoms with van der Waals surface area (Å²) in [6.45, 7) is 3.11. The van der Waals surface area contributed by atoms with E-state index < -0.39 is 0 Å². The van der Waals surface area contributed by atoms with Gasteiger partial charge in [-0.05, 0) is 49.8 Å². The number of rotatable bonds is 8. The van der Waals surface area contributed by atoms with Crippen LogP contribution < -0.4 is 14.8 Å². The molecule has 2 aromatic rings. The molecule has 0 spiro atoms. The van der Waals surface area contributed by atoms with Crippen molar-refractivity contribution >= 4 is 5.91 Å². The molecule has 0 radical (unpaired) electrons. The molecule has 4 rings (SSSR count). The van der Waals surface area contributed by atoms with Gasteiger partial charge in [0.2, 0.25) is 0 Å². The molecule has 1 aliphatic carbocycles. The third kappa shape index (κ3) is 5.51. The van der Waals surface area contributed by atoms with Crippen molar-refractivity contribution in [2.45, 2.75) is 44.2 Å². The van der Waals surface area contributed by atoms with E-state index >= 15 is 0 Å². The number of hydrogen-bond acceptors (Lipinski definition) is 4. The van der Waals surface area contributed by atoms with Crippen molar-refractivity contribution < 1.29 is 14.3 Å². The SMILES string of the molecule is COc1ccc(C(=O)NC2CC2)c(OC2CCN(CCc3ccccc3)CC2)c1. The van der Waals surface area contributed by atoms with E-state index in [1.807, 2.05) is 12.1 Å². The quantitative estimate of drug-likeness (QED) is 0.742. The molecule has 5 nitrogen and oxygen atoms in total. The summed E-state index contributed by atoms with van der Waals surface area (Å²) in [5.74, 6) is 1.29. The van der Waals surface area contributed by atoms with Crippen LogP contribution in [0.25, 0.3) is 0 Å². The van der Waals surface area contributed by atoms with Gasteiger partial charge in [-0.1, -0.05) is 30.3 Å². The Balaban J connectivity index is 1.32. The normalized spacial score (nSPS) is 17.7. The second-order valence-electron chi connectivity index (χ2n) is 8.00. The van der Waals surface area contributed by atoms with E-state index in [2.05, 4.69) is 40.5 Å². The lowest BCUT2D eigenvalue weighted by Crippen LogP contribution is -2.39. The Morgan fingerprint density at radius 3 is 2.52 bits per heavy atom. The van der Waals surface area contributed by atoms with Gasteiger partial charge in [-0.15, -0.1) is 0 Å². The lowest BCUT2D eigenvalue weighted by atomic mass is 10.1. The molecule has 154 valence electrons. The van der Waals surface area contributed by atoms with Gasteiger partial charge in [0.15, 0.2) is 0 Å². The number of methoxy groups -OCH3 is 1. The van der Waals surface area contributed by atoms with Gasteiger partial charge in [0.05, 0.1) is 12.7 Å². The van der Waals surface area contributed by atoms with Crippen LogP contribution in [0.15, 0.2) is 48.5 Å². The first-order valence-electron chi connectivity index (χ1n) is 10.6. The maximum absolute atomic E-state index is 12.6. The lowest BCUT2D eigenvalue weighted by molar-refractivity contribution is 0.0905. The monoisotopic (exact) mass is 394 g/mol. The third-order valence-corrected chi connectivity index (χ3v) is 5.73. The maximum Gasteiger partial charge on any atom is 0.255 e.